The minimum atomic E-state index is -0.257. The van der Waals surface area contributed by atoms with E-state index < -0.39 is 0 Å². The van der Waals surface area contributed by atoms with Gasteiger partial charge in [-0.2, -0.15) is 0 Å². The molecule has 1 atom stereocenters. The summed E-state index contributed by atoms with van der Waals surface area (Å²) in [5.41, 5.74) is 3.00. The molecule has 0 saturated carbocycles. The van der Waals surface area contributed by atoms with E-state index in [-0.39, 0.29) is 17.6 Å². The number of pyridine rings is 1. The van der Waals surface area contributed by atoms with Crippen LogP contribution in [-0.4, -0.2) is 41.1 Å². The number of benzene rings is 1. The molecule has 7 nitrogen and oxygen atoms in total. The number of aromatic nitrogens is 2. The Hall–Kier alpha value is -3.19. The molecule has 0 radical (unpaired) electrons. The average molecular weight is 406 g/mol. The number of nitrogens with one attached hydrogen (secondary N) is 1. The van der Waals surface area contributed by atoms with E-state index in [0.717, 1.165) is 49.5 Å². The van der Waals surface area contributed by atoms with Crippen LogP contribution < -0.4 is 10.1 Å². The van der Waals surface area contributed by atoms with Crippen molar-refractivity contribution in [2.24, 2.45) is 0 Å². The van der Waals surface area contributed by atoms with E-state index in [1.807, 2.05) is 30.3 Å². The van der Waals surface area contributed by atoms with Crippen molar-refractivity contribution in [3.63, 3.8) is 0 Å². The smallest absolute Gasteiger partial charge is 0.290 e. The van der Waals surface area contributed by atoms with Gasteiger partial charge in [0.05, 0.1) is 12.8 Å². The number of carbonyl (C=O) groups excluding carboxylic acids is 1. The van der Waals surface area contributed by atoms with Gasteiger partial charge in [-0.25, -0.2) is 0 Å². The molecule has 30 heavy (non-hydrogen) atoms. The maximum Gasteiger partial charge on any atom is 0.290 e. The van der Waals surface area contributed by atoms with Crippen LogP contribution in [0.4, 0.5) is 0 Å². The van der Waals surface area contributed by atoms with Crippen molar-refractivity contribution in [2.75, 3.05) is 20.2 Å². The zero-order valence-corrected chi connectivity index (χ0v) is 17.1. The lowest BCUT2D eigenvalue weighted by Crippen LogP contribution is -2.34. The number of para-hydroxylation sites is 1. The Morgan fingerprint density at radius 1 is 1.27 bits per heavy atom. The number of ether oxygens (including phenoxy) is 1. The fraction of sp³-hybridized carbons (Fsp3) is 0.348. The Labute approximate surface area is 176 Å². The van der Waals surface area contributed by atoms with Gasteiger partial charge in [-0.3, -0.25) is 14.7 Å². The lowest BCUT2D eigenvalue weighted by molar-refractivity contribution is 0.0913. The van der Waals surface area contributed by atoms with E-state index in [9.17, 15) is 4.79 Å². The highest BCUT2D eigenvalue weighted by atomic mass is 16.5. The molecule has 0 unspecified atom stereocenters. The highest BCUT2D eigenvalue weighted by Crippen LogP contribution is 2.29. The molecule has 1 amide bonds. The monoisotopic (exact) mass is 406 g/mol. The van der Waals surface area contributed by atoms with Crippen molar-refractivity contribution in [1.82, 2.24) is 20.4 Å². The zero-order chi connectivity index (χ0) is 20.8. The predicted octanol–water partition coefficient (Wildman–Crippen LogP) is 3.39. The second kappa shape index (κ2) is 9.54. The van der Waals surface area contributed by atoms with Gasteiger partial charge in [-0.05, 0) is 43.1 Å². The summed E-state index contributed by atoms with van der Waals surface area (Å²) in [6.45, 7) is 3.17. The number of piperidine rings is 1. The number of carbonyl (C=O) groups is 1. The highest BCUT2D eigenvalue weighted by Gasteiger charge is 2.26. The van der Waals surface area contributed by atoms with Crippen molar-refractivity contribution < 1.29 is 14.1 Å². The molecule has 1 aromatic carbocycles. The van der Waals surface area contributed by atoms with Gasteiger partial charge in [0.15, 0.2) is 0 Å². The molecule has 1 aliphatic rings. The third-order valence-corrected chi connectivity index (χ3v) is 5.46. The minimum absolute atomic E-state index is 0.249. The maximum absolute atomic E-state index is 12.4. The van der Waals surface area contributed by atoms with Crippen molar-refractivity contribution in [1.29, 1.82) is 0 Å². The summed E-state index contributed by atoms with van der Waals surface area (Å²) in [5, 5.41) is 7.05. The van der Waals surface area contributed by atoms with Gasteiger partial charge in [0.25, 0.3) is 5.91 Å². The fourth-order valence-electron chi connectivity index (χ4n) is 3.87. The quantitative estimate of drug-likeness (QED) is 0.648. The van der Waals surface area contributed by atoms with Gasteiger partial charge in [0.1, 0.15) is 5.75 Å². The van der Waals surface area contributed by atoms with Crippen LogP contribution in [-0.2, 0) is 13.1 Å². The zero-order valence-electron chi connectivity index (χ0n) is 17.1. The molecule has 0 bridgehead atoms. The molecule has 0 spiro atoms. The molecular weight excluding hydrogens is 380 g/mol. The molecule has 2 aromatic heterocycles. The lowest BCUT2D eigenvalue weighted by Gasteiger charge is -2.32. The van der Waals surface area contributed by atoms with Gasteiger partial charge in [0.2, 0.25) is 5.76 Å². The molecule has 0 aliphatic carbocycles. The van der Waals surface area contributed by atoms with E-state index in [1.165, 1.54) is 5.56 Å². The fourth-order valence-corrected chi connectivity index (χ4v) is 3.87. The standard InChI is InChI=1S/C23H26N4O3/c1-29-21-7-3-2-5-19(21)16-27-12-4-6-18(15-27)20-13-22(30-26-20)23(28)25-14-17-8-10-24-11-9-17/h2-3,5,7-11,13,18H,4,6,12,14-16H2,1H3,(H,25,28)/t18-/m1/s1. The Balaban J connectivity index is 1.36. The largest absolute Gasteiger partial charge is 0.496 e. The van der Waals surface area contributed by atoms with Crippen LogP contribution in [0, 0.1) is 0 Å². The summed E-state index contributed by atoms with van der Waals surface area (Å²) in [6, 6.07) is 13.6. The van der Waals surface area contributed by atoms with Gasteiger partial charge in [-0.1, -0.05) is 23.4 Å². The van der Waals surface area contributed by atoms with E-state index in [2.05, 4.69) is 26.4 Å². The van der Waals surface area contributed by atoms with Gasteiger partial charge < -0.3 is 14.6 Å². The Kier molecular flexibility index (Phi) is 6.39. The summed E-state index contributed by atoms with van der Waals surface area (Å²) >= 11 is 0. The second-order valence-electron chi connectivity index (χ2n) is 7.54. The number of methoxy groups -OCH3 is 1. The van der Waals surface area contributed by atoms with Crippen LogP contribution in [0.25, 0.3) is 0 Å². The molecule has 1 N–H and O–H groups in total. The number of hydrogen-bond acceptors (Lipinski definition) is 6. The van der Waals surface area contributed by atoms with E-state index in [0.29, 0.717) is 6.54 Å². The maximum atomic E-state index is 12.4. The molecule has 156 valence electrons. The molecule has 1 fully saturated rings. The Morgan fingerprint density at radius 3 is 2.93 bits per heavy atom. The van der Waals surface area contributed by atoms with Gasteiger partial charge in [-0.15, -0.1) is 0 Å². The number of hydrogen-bond donors (Lipinski definition) is 1. The predicted molar refractivity (Wildman–Crippen MR) is 112 cm³/mol. The first-order valence-electron chi connectivity index (χ1n) is 10.2. The minimum Gasteiger partial charge on any atom is -0.496 e. The van der Waals surface area contributed by atoms with Crippen LogP contribution in [0.5, 0.6) is 5.75 Å². The summed E-state index contributed by atoms with van der Waals surface area (Å²) < 4.78 is 10.8. The first-order valence-corrected chi connectivity index (χ1v) is 10.2. The highest BCUT2D eigenvalue weighted by molar-refractivity contribution is 5.91. The second-order valence-corrected chi connectivity index (χ2v) is 7.54. The molecule has 1 aliphatic heterocycles. The molecule has 3 heterocycles. The van der Waals surface area contributed by atoms with E-state index >= 15 is 0 Å². The van der Waals surface area contributed by atoms with Crippen LogP contribution in [0.1, 0.15) is 46.1 Å². The molecular formula is C23H26N4O3. The Bertz CT molecular complexity index is 973. The normalized spacial score (nSPS) is 16.9. The SMILES string of the molecule is COc1ccccc1CN1CCC[C@@H](c2cc(C(=O)NCc3ccncc3)on2)C1. The van der Waals surface area contributed by atoms with Crippen LogP contribution >= 0.6 is 0 Å². The van der Waals surface area contributed by atoms with Crippen molar-refractivity contribution in [3.05, 3.63) is 77.4 Å². The number of nitrogens with zero attached hydrogens (tertiary/aromatic N) is 3. The average Bonchev–Trinajstić information content (AvgIpc) is 3.29. The topological polar surface area (TPSA) is 80.5 Å². The van der Waals surface area contributed by atoms with E-state index in [4.69, 9.17) is 9.26 Å². The first-order chi connectivity index (χ1) is 14.7. The summed E-state index contributed by atoms with van der Waals surface area (Å²) in [7, 11) is 1.70. The number of amides is 1. The number of rotatable bonds is 7. The van der Waals surface area contributed by atoms with Gasteiger partial charge >= 0.3 is 0 Å². The lowest BCUT2D eigenvalue weighted by atomic mass is 9.94. The summed E-state index contributed by atoms with van der Waals surface area (Å²) in [6.07, 6.45) is 5.52. The van der Waals surface area contributed by atoms with Crippen molar-refractivity contribution in [2.45, 2.75) is 31.8 Å². The van der Waals surface area contributed by atoms with E-state index in [1.54, 1.807) is 25.6 Å². The molecule has 3 aromatic rings. The number of likely N-dealkylation sites (tertiary alicyclic amines) is 1. The summed E-state index contributed by atoms with van der Waals surface area (Å²) in [5.74, 6) is 1.15. The third kappa shape index (κ3) is 4.86. The third-order valence-electron chi connectivity index (χ3n) is 5.46. The first kappa shape index (κ1) is 20.1. The van der Waals surface area contributed by atoms with Crippen molar-refractivity contribution >= 4 is 5.91 Å². The van der Waals surface area contributed by atoms with Crippen LogP contribution in [0.2, 0.25) is 0 Å². The Morgan fingerprint density at radius 2 is 2.10 bits per heavy atom. The molecule has 1 saturated heterocycles. The van der Waals surface area contributed by atoms with Crippen LogP contribution in [0.3, 0.4) is 0 Å². The summed E-state index contributed by atoms with van der Waals surface area (Å²) in [4.78, 5) is 18.8. The van der Waals surface area contributed by atoms with Crippen LogP contribution in [0.15, 0.2) is 59.4 Å². The van der Waals surface area contributed by atoms with Crippen molar-refractivity contribution in [3.8, 4) is 5.75 Å². The van der Waals surface area contributed by atoms with Gasteiger partial charge in [0, 0.05) is 49.6 Å². The molecule has 4 rings (SSSR count). The molecule has 7 heteroatoms.